The molecule has 1 saturated heterocycles. The number of rotatable bonds is 4. The minimum absolute atomic E-state index is 0.0662. The lowest BCUT2D eigenvalue weighted by Gasteiger charge is -2.24. The molecule has 0 saturated carbocycles. The van der Waals surface area contributed by atoms with E-state index in [-0.39, 0.29) is 6.54 Å². The van der Waals surface area contributed by atoms with Crippen LogP contribution in [0.15, 0.2) is 12.2 Å². The van der Waals surface area contributed by atoms with Gasteiger partial charge in [-0.1, -0.05) is 19.1 Å². The summed E-state index contributed by atoms with van der Waals surface area (Å²) < 4.78 is 0. The zero-order valence-corrected chi connectivity index (χ0v) is 9.40. The summed E-state index contributed by atoms with van der Waals surface area (Å²) in [5, 5.41) is 18.1. The lowest BCUT2D eigenvalue weighted by Crippen LogP contribution is -2.36. The monoisotopic (exact) mass is 227 g/mol. The van der Waals surface area contributed by atoms with Gasteiger partial charge in [0.25, 0.3) is 0 Å². The van der Waals surface area contributed by atoms with Gasteiger partial charge in [-0.3, -0.25) is 4.79 Å². The molecule has 0 spiro atoms. The third-order valence-electron chi connectivity index (χ3n) is 3.17. The van der Waals surface area contributed by atoms with E-state index in [2.05, 4.69) is 6.58 Å². The van der Waals surface area contributed by atoms with Crippen molar-refractivity contribution >= 4 is 12.1 Å². The number of allylic oxidation sites excluding steroid dienone is 1. The van der Waals surface area contributed by atoms with Crippen LogP contribution in [0.1, 0.15) is 26.2 Å². The number of hydrogen-bond acceptors (Lipinski definition) is 2. The Labute approximate surface area is 94.4 Å². The van der Waals surface area contributed by atoms with Crippen molar-refractivity contribution in [2.75, 3.05) is 13.1 Å². The Balaban J connectivity index is 2.81. The van der Waals surface area contributed by atoms with E-state index in [1.165, 1.54) is 0 Å². The Morgan fingerprint density at radius 2 is 2.06 bits per heavy atom. The summed E-state index contributed by atoms with van der Waals surface area (Å²) in [5.74, 6) is -0.925. The largest absolute Gasteiger partial charge is 0.481 e. The van der Waals surface area contributed by atoms with Crippen molar-refractivity contribution in [3.63, 3.8) is 0 Å². The Morgan fingerprint density at radius 3 is 2.44 bits per heavy atom. The van der Waals surface area contributed by atoms with E-state index in [1.807, 2.05) is 6.92 Å². The van der Waals surface area contributed by atoms with Crippen molar-refractivity contribution in [1.82, 2.24) is 4.90 Å². The van der Waals surface area contributed by atoms with Crippen molar-refractivity contribution in [2.24, 2.45) is 5.41 Å². The fourth-order valence-corrected chi connectivity index (χ4v) is 2.03. The average molecular weight is 227 g/mol. The third-order valence-corrected chi connectivity index (χ3v) is 3.17. The van der Waals surface area contributed by atoms with Crippen LogP contribution in [0.5, 0.6) is 0 Å². The maximum Gasteiger partial charge on any atom is 0.407 e. The van der Waals surface area contributed by atoms with Gasteiger partial charge in [0.05, 0.1) is 5.41 Å². The predicted octanol–water partition coefficient (Wildman–Crippen LogP) is 1.80. The van der Waals surface area contributed by atoms with Crippen LogP contribution in [0.2, 0.25) is 0 Å². The maximum atomic E-state index is 11.3. The van der Waals surface area contributed by atoms with Gasteiger partial charge in [-0.2, -0.15) is 0 Å². The van der Waals surface area contributed by atoms with E-state index in [4.69, 9.17) is 5.11 Å². The second-order valence-corrected chi connectivity index (χ2v) is 4.32. The van der Waals surface area contributed by atoms with Crippen LogP contribution in [0.4, 0.5) is 4.79 Å². The fourth-order valence-electron chi connectivity index (χ4n) is 2.03. The average Bonchev–Trinajstić information content (AvgIpc) is 2.63. The van der Waals surface area contributed by atoms with Gasteiger partial charge in [-0.05, 0) is 19.3 Å². The second-order valence-electron chi connectivity index (χ2n) is 4.32. The minimum Gasteiger partial charge on any atom is -0.481 e. The first-order valence-corrected chi connectivity index (χ1v) is 5.29. The zero-order valence-electron chi connectivity index (χ0n) is 9.40. The van der Waals surface area contributed by atoms with E-state index in [0.717, 1.165) is 16.9 Å². The minimum atomic E-state index is -1.05. The summed E-state index contributed by atoms with van der Waals surface area (Å²) in [6.45, 7) is 6.08. The molecule has 1 aliphatic rings. The van der Waals surface area contributed by atoms with Gasteiger partial charge in [0.1, 0.15) is 0 Å². The van der Waals surface area contributed by atoms with Gasteiger partial charge in [-0.15, -0.1) is 0 Å². The molecule has 90 valence electrons. The quantitative estimate of drug-likeness (QED) is 0.718. The number of aliphatic carboxylic acids is 1. The summed E-state index contributed by atoms with van der Waals surface area (Å²) in [4.78, 5) is 23.2. The zero-order chi connectivity index (χ0) is 12.3. The number of carboxylic acid groups (broad SMARTS) is 2. The number of nitrogens with zero attached hydrogens (tertiary/aromatic N) is 1. The molecule has 0 aromatic rings. The van der Waals surface area contributed by atoms with E-state index in [0.29, 0.717) is 19.4 Å². The predicted molar refractivity (Wildman–Crippen MR) is 58.3 cm³/mol. The molecule has 1 heterocycles. The fraction of sp³-hybridized carbons (Fsp3) is 0.636. The normalized spacial score (nSPS) is 24.4. The molecule has 0 bridgehead atoms. The summed E-state index contributed by atoms with van der Waals surface area (Å²) in [7, 11) is 0. The van der Waals surface area contributed by atoms with E-state index in [9.17, 15) is 14.7 Å². The first-order chi connectivity index (χ1) is 7.41. The molecule has 1 rings (SSSR count). The molecule has 0 aromatic carbocycles. The Hall–Kier alpha value is -1.52. The molecule has 0 aromatic heterocycles. The first kappa shape index (κ1) is 12.5. The Morgan fingerprint density at radius 1 is 1.44 bits per heavy atom. The SMILES string of the molecule is C=C(CC)CC1(C(=O)O)CCN(C(=O)O)C1. The van der Waals surface area contributed by atoms with Crippen molar-refractivity contribution in [3.8, 4) is 0 Å². The molecule has 0 aliphatic carbocycles. The van der Waals surface area contributed by atoms with E-state index in [1.54, 1.807) is 0 Å². The molecule has 1 unspecified atom stereocenters. The van der Waals surface area contributed by atoms with E-state index >= 15 is 0 Å². The molecular weight excluding hydrogens is 210 g/mol. The lowest BCUT2D eigenvalue weighted by molar-refractivity contribution is -0.148. The third kappa shape index (κ3) is 2.35. The van der Waals surface area contributed by atoms with Gasteiger partial charge in [0.15, 0.2) is 0 Å². The highest BCUT2D eigenvalue weighted by molar-refractivity contribution is 5.77. The highest BCUT2D eigenvalue weighted by Gasteiger charge is 2.46. The number of amides is 1. The van der Waals surface area contributed by atoms with E-state index < -0.39 is 17.5 Å². The van der Waals surface area contributed by atoms with Gasteiger partial charge in [0, 0.05) is 13.1 Å². The molecule has 2 N–H and O–H groups in total. The Bertz CT molecular complexity index is 326. The van der Waals surface area contributed by atoms with Crippen LogP contribution < -0.4 is 0 Å². The number of carbonyl (C=O) groups is 2. The van der Waals surface area contributed by atoms with Crippen LogP contribution in [0.25, 0.3) is 0 Å². The highest BCUT2D eigenvalue weighted by Crippen LogP contribution is 2.37. The number of hydrogen-bond donors (Lipinski definition) is 2. The van der Waals surface area contributed by atoms with Crippen molar-refractivity contribution in [1.29, 1.82) is 0 Å². The summed E-state index contributed by atoms with van der Waals surface area (Å²) >= 11 is 0. The molecular formula is C11H17NO4. The summed E-state index contributed by atoms with van der Waals surface area (Å²) in [6.07, 6.45) is 0.406. The van der Waals surface area contributed by atoms with Gasteiger partial charge >= 0.3 is 12.1 Å². The molecule has 5 nitrogen and oxygen atoms in total. The summed E-state index contributed by atoms with van der Waals surface area (Å²) in [6, 6.07) is 0. The molecule has 1 amide bonds. The molecule has 16 heavy (non-hydrogen) atoms. The first-order valence-electron chi connectivity index (χ1n) is 5.29. The topological polar surface area (TPSA) is 77.8 Å². The second kappa shape index (κ2) is 4.55. The van der Waals surface area contributed by atoms with Gasteiger partial charge in [0.2, 0.25) is 0 Å². The summed E-state index contributed by atoms with van der Waals surface area (Å²) in [5.41, 5.74) is -0.111. The molecule has 5 heteroatoms. The molecule has 0 radical (unpaired) electrons. The van der Waals surface area contributed by atoms with Crippen molar-refractivity contribution in [3.05, 3.63) is 12.2 Å². The van der Waals surface area contributed by atoms with Crippen LogP contribution in [0, 0.1) is 5.41 Å². The van der Waals surface area contributed by atoms with Crippen LogP contribution >= 0.6 is 0 Å². The number of likely N-dealkylation sites (tertiary alicyclic amines) is 1. The maximum absolute atomic E-state index is 11.3. The van der Waals surface area contributed by atoms with Gasteiger partial charge < -0.3 is 15.1 Å². The standard InChI is InChI=1S/C11H17NO4/c1-3-8(2)6-11(9(13)14)4-5-12(7-11)10(15)16/h2-7H2,1H3,(H,13,14)(H,15,16). The van der Waals surface area contributed by atoms with Crippen LogP contribution in [0.3, 0.4) is 0 Å². The van der Waals surface area contributed by atoms with Crippen LogP contribution in [-0.4, -0.2) is 40.3 Å². The van der Waals surface area contributed by atoms with Crippen molar-refractivity contribution in [2.45, 2.75) is 26.2 Å². The highest BCUT2D eigenvalue weighted by atomic mass is 16.4. The molecule has 1 atom stereocenters. The molecule has 1 fully saturated rings. The van der Waals surface area contributed by atoms with Crippen LogP contribution in [-0.2, 0) is 4.79 Å². The molecule has 1 aliphatic heterocycles. The van der Waals surface area contributed by atoms with Gasteiger partial charge in [-0.25, -0.2) is 4.79 Å². The lowest BCUT2D eigenvalue weighted by atomic mass is 9.80. The number of carboxylic acids is 1. The smallest absolute Gasteiger partial charge is 0.407 e. The Kier molecular flexibility index (Phi) is 3.57. The van der Waals surface area contributed by atoms with Crippen molar-refractivity contribution < 1.29 is 19.8 Å².